The van der Waals surface area contributed by atoms with Crippen molar-refractivity contribution in [3.8, 4) is 0 Å². The summed E-state index contributed by atoms with van der Waals surface area (Å²) < 4.78 is 30.7. The number of carbonyl (C=O) groups is 1. The lowest BCUT2D eigenvalue weighted by molar-refractivity contribution is -0.127. The fraction of sp³-hybridized carbons (Fsp3) is 0.591. The molecular weight excluding hydrogens is 402 g/mol. The lowest BCUT2D eigenvalue weighted by Gasteiger charge is -2.39. The molecule has 2 aliphatic heterocycles. The van der Waals surface area contributed by atoms with Gasteiger partial charge in [-0.25, -0.2) is 8.42 Å². The van der Waals surface area contributed by atoms with Gasteiger partial charge in [-0.2, -0.15) is 0 Å². The van der Waals surface area contributed by atoms with Crippen LogP contribution in [-0.2, 0) is 19.6 Å². The van der Waals surface area contributed by atoms with Crippen molar-refractivity contribution in [1.29, 1.82) is 0 Å². The van der Waals surface area contributed by atoms with Gasteiger partial charge in [0.1, 0.15) is 0 Å². The Bertz CT molecular complexity index is 836. The maximum absolute atomic E-state index is 12.5. The minimum atomic E-state index is -3.29. The first-order valence-electron chi connectivity index (χ1n) is 10.6. The van der Waals surface area contributed by atoms with Crippen molar-refractivity contribution >= 4 is 27.7 Å². The third-order valence-electron chi connectivity index (χ3n) is 5.57. The van der Waals surface area contributed by atoms with E-state index in [0.717, 1.165) is 57.4 Å². The Morgan fingerprint density at radius 3 is 2.30 bits per heavy atom. The topological polar surface area (TPSA) is 79.0 Å². The molecule has 0 radical (unpaired) electrons. The van der Waals surface area contributed by atoms with Gasteiger partial charge >= 0.3 is 0 Å². The molecule has 2 unspecified atom stereocenters. The van der Waals surface area contributed by atoms with Crippen LogP contribution in [0.1, 0.15) is 32.3 Å². The molecule has 1 amide bonds. The van der Waals surface area contributed by atoms with Gasteiger partial charge in [-0.3, -0.25) is 14.4 Å². The molecule has 2 heterocycles. The highest BCUT2D eigenvalue weighted by Crippen LogP contribution is 2.21. The highest BCUT2D eigenvalue weighted by Gasteiger charge is 2.27. The zero-order valence-corrected chi connectivity index (χ0v) is 18.9. The molecule has 1 N–H and O–H groups in total. The average molecular weight is 436 g/mol. The number of amides is 1. The van der Waals surface area contributed by atoms with E-state index >= 15 is 0 Å². The number of carbonyl (C=O) groups excluding carboxylic acids is 1. The standard InChI is InChI=1S/C22H33N3O4S/c1-17-14-24(15-18(2)29-17)16-20-10-12-25(13-11-20)22(26)9-6-19-4-7-21(8-5-19)23-30(3,27)28/h4-9,17-18,20,23H,10-16H2,1-3H3/b9-6+. The summed E-state index contributed by atoms with van der Waals surface area (Å²) in [6.45, 7) is 8.91. The van der Waals surface area contributed by atoms with Crippen LogP contribution in [0.5, 0.6) is 0 Å². The van der Waals surface area contributed by atoms with Crippen LogP contribution < -0.4 is 4.72 Å². The molecule has 1 aromatic carbocycles. The number of nitrogens with zero attached hydrogens (tertiary/aromatic N) is 2. The normalized spacial score (nSPS) is 24.3. The van der Waals surface area contributed by atoms with Crippen molar-refractivity contribution in [3.63, 3.8) is 0 Å². The molecule has 2 aliphatic rings. The Hall–Kier alpha value is -1.90. The van der Waals surface area contributed by atoms with Crippen LogP contribution >= 0.6 is 0 Å². The highest BCUT2D eigenvalue weighted by molar-refractivity contribution is 7.92. The summed E-state index contributed by atoms with van der Waals surface area (Å²) in [7, 11) is -3.29. The predicted molar refractivity (Wildman–Crippen MR) is 120 cm³/mol. The van der Waals surface area contributed by atoms with Crippen LogP contribution in [-0.4, -0.2) is 75.3 Å². The van der Waals surface area contributed by atoms with Crippen LogP contribution in [0.15, 0.2) is 30.3 Å². The molecule has 8 heteroatoms. The molecular formula is C22H33N3O4S. The first kappa shape index (κ1) is 22.8. The number of anilines is 1. The Morgan fingerprint density at radius 2 is 1.73 bits per heavy atom. The first-order valence-corrected chi connectivity index (χ1v) is 12.5. The molecule has 1 aromatic rings. The van der Waals surface area contributed by atoms with Gasteiger partial charge in [-0.1, -0.05) is 12.1 Å². The summed E-state index contributed by atoms with van der Waals surface area (Å²) in [6, 6.07) is 6.94. The van der Waals surface area contributed by atoms with Gasteiger partial charge in [0.05, 0.1) is 18.5 Å². The molecule has 7 nitrogen and oxygen atoms in total. The molecule has 2 saturated heterocycles. The lowest BCUT2D eigenvalue weighted by atomic mass is 9.95. The number of nitrogens with one attached hydrogen (secondary N) is 1. The van der Waals surface area contributed by atoms with E-state index in [4.69, 9.17) is 4.74 Å². The Balaban J connectivity index is 1.45. The molecule has 0 saturated carbocycles. The number of likely N-dealkylation sites (tertiary alicyclic amines) is 1. The van der Waals surface area contributed by atoms with E-state index < -0.39 is 10.0 Å². The second-order valence-corrected chi connectivity index (χ2v) is 10.3. The summed E-state index contributed by atoms with van der Waals surface area (Å²) in [5.41, 5.74) is 1.36. The quantitative estimate of drug-likeness (QED) is 0.695. The summed E-state index contributed by atoms with van der Waals surface area (Å²) in [5, 5.41) is 0. The van der Waals surface area contributed by atoms with E-state index in [0.29, 0.717) is 11.6 Å². The summed E-state index contributed by atoms with van der Waals surface area (Å²) in [6.07, 6.45) is 7.13. The van der Waals surface area contributed by atoms with E-state index in [1.165, 1.54) is 0 Å². The highest BCUT2D eigenvalue weighted by atomic mass is 32.2. The van der Waals surface area contributed by atoms with Crippen LogP contribution in [0, 0.1) is 5.92 Å². The van der Waals surface area contributed by atoms with E-state index in [2.05, 4.69) is 23.5 Å². The van der Waals surface area contributed by atoms with Crippen LogP contribution in [0.25, 0.3) is 6.08 Å². The molecule has 0 bridgehead atoms. The molecule has 0 spiro atoms. The van der Waals surface area contributed by atoms with Crippen molar-refractivity contribution in [1.82, 2.24) is 9.80 Å². The molecule has 166 valence electrons. The molecule has 0 aromatic heterocycles. The number of ether oxygens (including phenoxy) is 1. The van der Waals surface area contributed by atoms with E-state index in [9.17, 15) is 13.2 Å². The maximum atomic E-state index is 12.5. The zero-order valence-electron chi connectivity index (χ0n) is 18.1. The monoisotopic (exact) mass is 435 g/mol. The molecule has 2 fully saturated rings. The fourth-order valence-corrected chi connectivity index (χ4v) is 4.85. The van der Waals surface area contributed by atoms with Crippen molar-refractivity contribution in [2.45, 2.75) is 38.9 Å². The third kappa shape index (κ3) is 7.11. The minimum absolute atomic E-state index is 0.0282. The van der Waals surface area contributed by atoms with E-state index in [-0.39, 0.29) is 18.1 Å². The summed E-state index contributed by atoms with van der Waals surface area (Å²) in [5.74, 6) is 0.658. The number of hydrogen-bond donors (Lipinski definition) is 1. The maximum Gasteiger partial charge on any atom is 0.246 e. The molecule has 3 rings (SSSR count). The van der Waals surface area contributed by atoms with Gasteiger partial charge in [-0.05, 0) is 56.4 Å². The van der Waals surface area contributed by atoms with Gasteiger partial charge in [-0.15, -0.1) is 0 Å². The van der Waals surface area contributed by atoms with E-state index in [1.807, 2.05) is 4.90 Å². The van der Waals surface area contributed by atoms with Crippen LogP contribution in [0.2, 0.25) is 0 Å². The van der Waals surface area contributed by atoms with Crippen molar-refractivity contribution in [3.05, 3.63) is 35.9 Å². The van der Waals surface area contributed by atoms with Crippen LogP contribution in [0.4, 0.5) is 5.69 Å². The SMILES string of the molecule is CC1CN(CC2CCN(C(=O)/C=C/c3ccc(NS(C)(=O)=O)cc3)CC2)CC(C)O1. The summed E-state index contributed by atoms with van der Waals surface area (Å²) in [4.78, 5) is 16.9. The van der Waals surface area contributed by atoms with Gasteiger partial charge in [0.2, 0.25) is 15.9 Å². The first-order chi connectivity index (χ1) is 14.2. The summed E-state index contributed by atoms with van der Waals surface area (Å²) >= 11 is 0. The van der Waals surface area contributed by atoms with Gasteiger partial charge in [0.15, 0.2) is 0 Å². The number of rotatable bonds is 6. The number of morpholine rings is 1. The second kappa shape index (κ2) is 9.94. The van der Waals surface area contributed by atoms with Gasteiger partial charge in [0, 0.05) is 44.5 Å². The fourth-order valence-electron chi connectivity index (χ4n) is 4.28. The number of benzene rings is 1. The molecule has 30 heavy (non-hydrogen) atoms. The number of hydrogen-bond acceptors (Lipinski definition) is 5. The van der Waals surface area contributed by atoms with Crippen LogP contribution in [0.3, 0.4) is 0 Å². The Morgan fingerprint density at radius 1 is 1.13 bits per heavy atom. The number of piperidine rings is 1. The third-order valence-corrected chi connectivity index (χ3v) is 6.18. The zero-order chi connectivity index (χ0) is 21.7. The minimum Gasteiger partial charge on any atom is -0.373 e. The predicted octanol–water partition coefficient (Wildman–Crippen LogP) is 2.42. The lowest BCUT2D eigenvalue weighted by Crippen LogP contribution is -2.48. The van der Waals surface area contributed by atoms with Gasteiger partial charge in [0.25, 0.3) is 0 Å². The Labute approximate surface area is 180 Å². The van der Waals surface area contributed by atoms with Crippen molar-refractivity contribution in [2.75, 3.05) is 43.7 Å². The van der Waals surface area contributed by atoms with Gasteiger partial charge < -0.3 is 9.64 Å². The number of sulfonamides is 1. The van der Waals surface area contributed by atoms with E-state index in [1.54, 1.807) is 36.4 Å². The molecule has 2 atom stereocenters. The largest absolute Gasteiger partial charge is 0.373 e. The molecule has 0 aliphatic carbocycles. The average Bonchev–Trinajstić information content (AvgIpc) is 2.66. The Kier molecular flexibility index (Phi) is 7.55. The second-order valence-electron chi connectivity index (χ2n) is 8.57. The van der Waals surface area contributed by atoms with Crippen molar-refractivity contribution < 1.29 is 17.9 Å². The van der Waals surface area contributed by atoms with Crippen molar-refractivity contribution in [2.24, 2.45) is 5.92 Å². The smallest absolute Gasteiger partial charge is 0.246 e.